The number of rotatable bonds is 7. The summed E-state index contributed by atoms with van der Waals surface area (Å²) in [5.74, 6) is 1.65. The minimum absolute atomic E-state index is 0.238. The van der Waals surface area contributed by atoms with Gasteiger partial charge in [0.25, 0.3) is 5.95 Å². The molecule has 0 aliphatic heterocycles. The van der Waals surface area contributed by atoms with Crippen LogP contribution in [0.25, 0.3) is 0 Å². The third-order valence-electron chi connectivity index (χ3n) is 3.28. The molecule has 1 rings (SSSR count). The summed E-state index contributed by atoms with van der Waals surface area (Å²) in [6.07, 6.45) is 1.04. The molecule has 98 valence electrons. The molecule has 2 atom stereocenters. The topological polar surface area (TPSA) is 54.2 Å². The molecule has 1 aromatic heterocycles. The number of hydrogen-bond donors (Lipinski definition) is 1. The van der Waals surface area contributed by atoms with Gasteiger partial charge >= 0.3 is 0 Å². The van der Waals surface area contributed by atoms with Crippen LogP contribution < -0.4 is 10.2 Å². The van der Waals surface area contributed by atoms with Gasteiger partial charge in [0, 0.05) is 19.1 Å². The molecule has 1 heterocycles. The Hall–Kier alpha value is -1.10. The van der Waals surface area contributed by atoms with Crippen molar-refractivity contribution in [2.24, 2.45) is 0 Å². The third kappa shape index (κ3) is 3.19. The zero-order chi connectivity index (χ0) is 12.8. The lowest BCUT2D eigenvalue weighted by Crippen LogP contribution is -2.30. The maximum atomic E-state index is 5.35. The molecule has 0 aromatic carbocycles. The standard InChI is InChI=1S/C12H24N4O/c1-6-10(13-5)9(4)11-14-12(15-17-11)16(7-2)8-3/h9-10,13H,6-8H2,1-5H3. The van der Waals surface area contributed by atoms with Crippen LogP contribution in [0, 0.1) is 0 Å². The summed E-state index contributed by atoms with van der Waals surface area (Å²) < 4.78 is 5.35. The largest absolute Gasteiger partial charge is 0.339 e. The normalized spacial score (nSPS) is 14.6. The van der Waals surface area contributed by atoms with E-state index in [2.05, 4.69) is 48.1 Å². The smallest absolute Gasteiger partial charge is 0.266 e. The molecule has 0 spiro atoms. The van der Waals surface area contributed by atoms with Gasteiger partial charge in [-0.25, -0.2) is 0 Å². The van der Waals surface area contributed by atoms with Gasteiger partial charge in [0.05, 0.1) is 5.92 Å². The highest BCUT2D eigenvalue weighted by molar-refractivity contribution is 5.27. The highest BCUT2D eigenvalue weighted by Gasteiger charge is 2.22. The summed E-state index contributed by atoms with van der Waals surface area (Å²) in [5.41, 5.74) is 0. The molecule has 5 nitrogen and oxygen atoms in total. The number of likely N-dealkylation sites (N-methyl/N-ethyl adjacent to an activating group) is 1. The zero-order valence-corrected chi connectivity index (χ0v) is 11.5. The van der Waals surface area contributed by atoms with Gasteiger partial charge in [0.1, 0.15) is 0 Å². The van der Waals surface area contributed by atoms with E-state index in [4.69, 9.17) is 4.52 Å². The van der Waals surface area contributed by atoms with Gasteiger partial charge in [0.15, 0.2) is 0 Å². The summed E-state index contributed by atoms with van der Waals surface area (Å²) in [7, 11) is 1.96. The SMILES string of the molecule is CCC(NC)C(C)c1nc(N(CC)CC)no1. The fourth-order valence-corrected chi connectivity index (χ4v) is 2.03. The van der Waals surface area contributed by atoms with E-state index in [-0.39, 0.29) is 5.92 Å². The van der Waals surface area contributed by atoms with E-state index in [1.807, 2.05) is 7.05 Å². The molecule has 0 fully saturated rings. The first-order valence-electron chi connectivity index (χ1n) is 6.43. The maximum absolute atomic E-state index is 5.35. The van der Waals surface area contributed by atoms with Crippen molar-refractivity contribution in [3.8, 4) is 0 Å². The Morgan fingerprint density at radius 3 is 2.41 bits per heavy atom. The molecule has 2 unspecified atom stereocenters. The molecule has 17 heavy (non-hydrogen) atoms. The molecule has 0 aliphatic rings. The van der Waals surface area contributed by atoms with Crippen molar-refractivity contribution in [3.63, 3.8) is 0 Å². The molecular formula is C12H24N4O. The molecule has 0 aliphatic carbocycles. The van der Waals surface area contributed by atoms with Crippen LogP contribution >= 0.6 is 0 Å². The Bertz CT molecular complexity index is 318. The van der Waals surface area contributed by atoms with Gasteiger partial charge in [-0.1, -0.05) is 13.8 Å². The lowest BCUT2D eigenvalue weighted by atomic mass is 10.00. The average molecular weight is 240 g/mol. The second-order valence-corrected chi connectivity index (χ2v) is 4.20. The van der Waals surface area contributed by atoms with Crippen LogP contribution in [0.1, 0.15) is 45.9 Å². The minimum atomic E-state index is 0.238. The van der Waals surface area contributed by atoms with Crippen LogP contribution in [0.4, 0.5) is 5.95 Å². The molecule has 5 heteroatoms. The molecular weight excluding hydrogens is 216 g/mol. The molecule has 1 aromatic rings. The van der Waals surface area contributed by atoms with E-state index in [0.29, 0.717) is 17.9 Å². The van der Waals surface area contributed by atoms with Crippen LogP contribution in [-0.2, 0) is 0 Å². The summed E-state index contributed by atoms with van der Waals surface area (Å²) in [6.45, 7) is 10.2. The summed E-state index contributed by atoms with van der Waals surface area (Å²) in [5, 5.41) is 7.32. The predicted octanol–water partition coefficient (Wildman–Crippen LogP) is 2.02. The molecule has 1 N–H and O–H groups in total. The summed E-state index contributed by atoms with van der Waals surface area (Å²) >= 11 is 0. The molecule has 0 radical (unpaired) electrons. The lowest BCUT2D eigenvalue weighted by Gasteiger charge is -2.18. The summed E-state index contributed by atoms with van der Waals surface area (Å²) in [4.78, 5) is 6.56. The highest BCUT2D eigenvalue weighted by Crippen LogP contribution is 2.21. The van der Waals surface area contributed by atoms with Gasteiger partial charge in [0.2, 0.25) is 5.89 Å². The van der Waals surface area contributed by atoms with Crippen molar-refractivity contribution in [3.05, 3.63) is 5.89 Å². The van der Waals surface area contributed by atoms with Crippen molar-refractivity contribution >= 4 is 5.95 Å². The van der Waals surface area contributed by atoms with E-state index in [1.54, 1.807) is 0 Å². The van der Waals surface area contributed by atoms with Gasteiger partial charge in [-0.05, 0) is 32.5 Å². The minimum Gasteiger partial charge on any atom is -0.339 e. The van der Waals surface area contributed by atoms with Gasteiger partial charge in [-0.2, -0.15) is 4.98 Å². The molecule has 0 saturated heterocycles. The van der Waals surface area contributed by atoms with Gasteiger partial charge in [-0.3, -0.25) is 0 Å². The van der Waals surface area contributed by atoms with E-state index in [1.165, 1.54) is 0 Å². The predicted molar refractivity (Wildman–Crippen MR) is 69.4 cm³/mol. The monoisotopic (exact) mass is 240 g/mol. The Morgan fingerprint density at radius 1 is 1.29 bits per heavy atom. The van der Waals surface area contributed by atoms with Crippen LogP contribution in [0.15, 0.2) is 4.52 Å². The van der Waals surface area contributed by atoms with Crippen molar-refractivity contribution in [1.29, 1.82) is 0 Å². The number of aromatic nitrogens is 2. The summed E-state index contributed by atoms with van der Waals surface area (Å²) in [6, 6.07) is 0.375. The first-order valence-corrected chi connectivity index (χ1v) is 6.43. The van der Waals surface area contributed by atoms with Crippen molar-refractivity contribution < 1.29 is 4.52 Å². The fourth-order valence-electron chi connectivity index (χ4n) is 2.03. The van der Waals surface area contributed by atoms with E-state index < -0.39 is 0 Å². The number of nitrogens with one attached hydrogen (secondary N) is 1. The number of anilines is 1. The molecule has 0 saturated carbocycles. The third-order valence-corrected chi connectivity index (χ3v) is 3.28. The number of nitrogens with zero attached hydrogens (tertiary/aromatic N) is 3. The van der Waals surface area contributed by atoms with Crippen LogP contribution in [0.3, 0.4) is 0 Å². The molecule has 0 bridgehead atoms. The second-order valence-electron chi connectivity index (χ2n) is 4.20. The first kappa shape index (κ1) is 14.0. The lowest BCUT2D eigenvalue weighted by molar-refractivity contribution is 0.326. The fraction of sp³-hybridized carbons (Fsp3) is 0.833. The van der Waals surface area contributed by atoms with Crippen LogP contribution in [0.5, 0.6) is 0 Å². The van der Waals surface area contributed by atoms with Crippen molar-refractivity contribution in [1.82, 2.24) is 15.5 Å². The van der Waals surface area contributed by atoms with Crippen molar-refractivity contribution in [2.45, 2.75) is 46.1 Å². The Morgan fingerprint density at radius 2 is 1.94 bits per heavy atom. The van der Waals surface area contributed by atoms with E-state index >= 15 is 0 Å². The van der Waals surface area contributed by atoms with Crippen LogP contribution in [-0.4, -0.2) is 36.3 Å². The number of hydrogen-bond acceptors (Lipinski definition) is 5. The Balaban J connectivity index is 2.79. The maximum Gasteiger partial charge on any atom is 0.266 e. The average Bonchev–Trinajstić information content (AvgIpc) is 2.81. The van der Waals surface area contributed by atoms with E-state index in [9.17, 15) is 0 Å². The van der Waals surface area contributed by atoms with Gasteiger partial charge < -0.3 is 14.7 Å². The first-order chi connectivity index (χ1) is 8.17. The van der Waals surface area contributed by atoms with E-state index in [0.717, 1.165) is 19.5 Å². The quantitative estimate of drug-likeness (QED) is 0.790. The van der Waals surface area contributed by atoms with Crippen molar-refractivity contribution in [2.75, 3.05) is 25.0 Å². The Labute approximate surface area is 104 Å². The van der Waals surface area contributed by atoms with Crippen LogP contribution in [0.2, 0.25) is 0 Å². The van der Waals surface area contributed by atoms with Gasteiger partial charge in [-0.15, -0.1) is 0 Å². The second kappa shape index (κ2) is 6.59. The highest BCUT2D eigenvalue weighted by atomic mass is 16.5. The molecule has 0 amide bonds. The zero-order valence-electron chi connectivity index (χ0n) is 11.5. The Kier molecular flexibility index (Phi) is 5.41.